The Hall–Kier alpha value is -0.200. The SMILES string of the molecule is CC1(C)OCC(C2C[C@@H]3OC(C)(C)O[C@@H]3[C@H]2O)O1. The molecular formula is C13H22O5. The van der Waals surface area contributed by atoms with Crippen molar-refractivity contribution in [3.63, 3.8) is 0 Å². The lowest BCUT2D eigenvalue weighted by Crippen LogP contribution is -2.38. The lowest BCUT2D eigenvalue weighted by Gasteiger charge is -2.27. The molecule has 2 heterocycles. The summed E-state index contributed by atoms with van der Waals surface area (Å²) in [7, 11) is 0. The van der Waals surface area contributed by atoms with Crippen molar-refractivity contribution < 1.29 is 24.1 Å². The van der Waals surface area contributed by atoms with Crippen molar-refractivity contribution in [3.05, 3.63) is 0 Å². The Morgan fingerprint density at radius 2 is 1.61 bits per heavy atom. The first-order chi connectivity index (χ1) is 8.27. The molecule has 3 aliphatic rings. The maximum absolute atomic E-state index is 10.4. The Bertz CT molecular complexity index is 340. The normalized spacial score (nSPS) is 49.5. The maximum atomic E-state index is 10.4. The van der Waals surface area contributed by atoms with E-state index in [2.05, 4.69) is 0 Å². The number of aliphatic hydroxyl groups is 1. The molecule has 0 aromatic rings. The Morgan fingerprint density at radius 1 is 0.944 bits per heavy atom. The van der Waals surface area contributed by atoms with Crippen molar-refractivity contribution in [2.24, 2.45) is 5.92 Å². The highest BCUT2D eigenvalue weighted by Crippen LogP contribution is 2.44. The molecule has 0 radical (unpaired) electrons. The number of hydrogen-bond donors (Lipinski definition) is 1. The Morgan fingerprint density at radius 3 is 2.17 bits per heavy atom. The lowest BCUT2D eigenvalue weighted by molar-refractivity contribution is -0.180. The molecule has 5 atom stereocenters. The van der Waals surface area contributed by atoms with Gasteiger partial charge in [0.15, 0.2) is 11.6 Å². The quantitative estimate of drug-likeness (QED) is 0.761. The number of rotatable bonds is 1. The van der Waals surface area contributed by atoms with Crippen LogP contribution in [-0.2, 0) is 18.9 Å². The summed E-state index contributed by atoms with van der Waals surface area (Å²) in [6, 6.07) is 0. The summed E-state index contributed by atoms with van der Waals surface area (Å²) >= 11 is 0. The molecule has 1 saturated carbocycles. The molecule has 2 saturated heterocycles. The molecule has 2 aliphatic heterocycles. The summed E-state index contributed by atoms with van der Waals surface area (Å²) in [4.78, 5) is 0. The van der Waals surface area contributed by atoms with Crippen molar-refractivity contribution >= 4 is 0 Å². The van der Waals surface area contributed by atoms with Crippen LogP contribution in [0.5, 0.6) is 0 Å². The van der Waals surface area contributed by atoms with Crippen LogP contribution in [0.4, 0.5) is 0 Å². The lowest BCUT2D eigenvalue weighted by atomic mass is 9.98. The van der Waals surface area contributed by atoms with Crippen LogP contribution in [0, 0.1) is 5.92 Å². The van der Waals surface area contributed by atoms with Gasteiger partial charge in [-0.15, -0.1) is 0 Å². The minimum atomic E-state index is -0.590. The molecule has 104 valence electrons. The highest BCUT2D eigenvalue weighted by Gasteiger charge is 2.56. The van der Waals surface area contributed by atoms with E-state index in [1.54, 1.807) is 0 Å². The van der Waals surface area contributed by atoms with Gasteiger partial charge >= 0.3 is 0 Å². The largest absolute Gasteiger partial charge is 0.390 e. The van der Waals surface area contributed by atoms with Gasteiger partial charge in [-0.1, -0.05) is 0 Å². The first-order valence-electron chi connectivity index (χ1n) is 6.63. The average Bonchev–Trinajstić information content (AvgIpc) is 2.81. The summed E-state index contributed by atoms with van der Waals surface area (Å²) in [5.41, 5.74) is 0. The van der Waals surface area contributed by atoms with E-state index >= 15 is 0 Å². The minimum absolute atomic E-state index is 0.0258. The van der Waals surface area contributed by atoms with Crippen LogP contribution < -0.4 is 0 Å². The molecule has 5 nitrogen and oxygen atoms in total. The van der Waals surface area contributed by atoms with E-state index in [9.17, 15) is 5.11 Å². The average molecular weight is 258 g/mol. The van der Waals surface area contributed by atoms with Crippen LogP contribution in [0.25, 0.3) is 0 Å². The molecule has 0 aromatic carbocycles. The van der Waals surface area contributed by atoms with Gasteiger partial charge in [0.25, 0.3) is 0 Å². The molecule has 2 unspecified atom stereocenters. The van der Waals surface area contributed by atoms with Gasteiger partial charge in [-0.05, 0) is 34.1 Å². The summed E-state index contributed by atoms with van der Waals surface area (Å²) in [5, 5.41) is 10.4. The van der Waals surface area contributed by atoms with Crippen LogP contribution in [0.3, 0.4) is 0 Å². The zero-order valence-corrected chi connectivity index (χ0v) is 11.4. The van der Waals surface area contributed by atoms with Crippen molar-refractivity contribution in [2.75, 3.05) is 6.61 Å². The van der Waals surface area contributed by atoms with Gasteiger partial charge in [0.05, 0.1) is 24.9 Å². The molecular weight excluding hydrogens is 236 g/mol. The monoisotopic (exact) mass is 258 g/mol. The van der Waals surface area contributed by atoms with Crippen LogP contribution in [-0.4, -0.2) is 47.7 Å². The van der Waals surface area contributed by atoms with Gasteiger partial charge in [0, 0.05) is 5.92 Å². The molecule has 0 aromatic heterocycles. The van der Waals surface area contributed by atoms with Crippen molar-refractivity contribution in [2.45, 2.75) is 70.1 Å². The Balaban J connectivity index is 1.68. The fraction of sp³-hybridized carbons (Fsp3) is 1.00. The third-order valence-electron chi connectivity index (χ3n) is 4.01. The second-order valence-electron chi connectivity index (χ2n) is 6.40. The van der Waals surface area contributed by atoms with E-state index in [0.717, 1.165) is 6.42 Å². The number of hydrogen-bond acceptors (Lipinski definition) is 5. The molecule has 0 bridgehead atoms. The summed E-state index contributed by atoms with van der Waals surface area (Å²) in [6.45, 7) is 8.07. The molecule has 3 fully saturated rings. The van der Waals surface area contributed by atoms with Crippen molar-refractivity contribution in [1.82, 2.24) is 0 Å². The van der Waals surface area contributed by atoms with Gasteiger partial charge in [0.2, 0.25) is 0 Å². The van der Waals surface area contributed by atoms with Gasteiger partial charge in [0.1, 0.15) is 6.10 Å². The topological polar surface area (TPSA) is 57.2 Å². The van der Waals surface area contributed by atoms with E-state index < -0.39 is 17.7 Å². The van der Waals surface area contributed by atoms with E-state index in [1.807, 2.05) is 27.7 Å². The van der Waals surface area contributed by atoms with Crippen molar-refractivity contribution in [3.8, 4) is 0 Å². The van der Waals surface area contributed by atoms with E-state index in [1.165, 1.54) is 0 Å². The second-order valence-corrected chi connectivity index (χ2v) is 6.40. The first kappa shape index (κ1) is 12.8. The molecule has 1 N–H and O–H groups in total. The third-order valence-corrected chi connectivity index (χ3v) is 4.01. The summed E-state index contributed by atoms with van der Waals surface area (Å²) in [5.74, 6) is -1.12. The predicted octanol–water partition coefficient (Wildman–Crippen LogP) is 1.04. The van der Waals surface area contributed by atoms with Gasteiger partial charge < -0.3 is 24.1 Å². The second kappa shape index (κ2) is 3.90. The molecule has 3 rings (SSSR count). The molecule has 18 heavy (non-hydrogen) atoms. The van der Waals surface area contributed by atoms with E-state index in [0.29, 0.717) is 6.61 Å². The van der Waals surface area contributed by atoms with Gasteiger partial charge in [-0.2, -0.15) is 0 Å². The first-order valence-corrected chi connectivity index (χ1v) is 6.63. The molecule has 0 spiro atoms. The standard InChI is InChI=1S/C13H22O5/c1-12(2)15-6-9(17-12)7-5-8-11(10(7)14)18-13(3,4)16-8/h7-11,14H,5-6H2,1-4H3/t7?,8-,9?,10-,11-/m0/s1. The van der Waals surface area contributed by atoms with Crippen LogP contribution in [0.2, 0.25) is 0 Å². The van der Waals surface area contributed by atoms with E-state index in [-0.39, 0.29) is 24.2 Å². The molecule has 5 heteroatoms. The summed E-state index contributed by atoms with van der Waals surface area (Å²) in [6.07, 6.45) is -0.126. The summed E-state index contributed by atoms with van der Waals surface area (Å²) < 4.78 is 23.0. The fourth-order valence-corrected chi connectivity index (χ4v) is 3.28. The smallest absolute Gasteiger partial charge is 0.163 e. The van der Waals surface area contributed by atoms with Gasteiger partial charge in [-0.3, -0.25) is 0 Å². The van der Waals surface area contributed by atoms with Crippen LogP contribution in [0.15, 0.2) is 0 Å². The highest BCUT2D eigenvalue weighted by atomic mass is 16.8. The zero-order chi connectivity index (χ0) is 13.1. The van der Waals surface area contributed by atoms with Crippen LogP contribution in [0.1, 0.15) is 34.1 Å². The molecule has 1 aliphatic carbocycles. The third kappa shape index (κ3) is 2.08. The number of ether oxygens (including phenoxy) is 4. The molecule has 0 amide bonds. The highest BCUT2D eigenvalue weighted by molar-refractivity contribution is 5.01. The van der Waals surface area contributed by atoms with E-state index in [4.69, 9.17) is 18.9 Å². The minimum Gasteiger partial charge on any atom is -0.390 e. The number of aliphatic hydroxyl groups excluding tert-OH is 1. The maximum Gasteiger partial charge on any atom is 0.163 e. The van der Waals surface area contributed by atoms with Crippen molar-refractivity contribution in [1.29, 1.82) is 0 Å². The zero-order valence-electron chi connectivity index (χ0n) is 11.4. The Labute approximate surface area is 107 Å². The Kier molecular flexibility index (Phi) is 2.78. The number of fused-ring (bicyclic) bond motifs is 1. The predicted molar refractivity (Wildman–Crippen MR) is 62.8 cm³/mol. The van der Waals surface area contributed by atoms with Gasteiger partial charge in [-0.25, -0.2) is 0 Å². The van der Waals surface area contributed by atoms with Crippen LogP contribution >= 0.6 is 0 Å². The fourth-order valence-electron chi connectivity index (χ4n) is 3.28.